The first kappa shape index (κ1) is 150. The van der Waals surface area contributed by atoms with Crippen molar-refractivity contribution < 1.29 is 120 Å². The lowest BCUT2D eigenvalue weighted by atomic mass is 9.91. The van der Waals surface area contributed by atoms with Gasteiger partial charge in [0.05, 0.1) is 94.7 Å². The van der Waals surface area contributed by atoms with Crippen molar-refractivity contribution in [2.45, 2.75) is 301 Å². The first-order valence-corrected chi connectivity index (χ1v) is 50.6. The van der Waals surface area contributed by atoms with E-state index in [1.807, 2.05) is 165 Å². The molecule has 0 saturated carbocycles. The van der Waals surface area contributed by atoms with E-state index in [4.69, 9.17) is 117 Å². The molecule has 48 heteroatoms. The van der Waals surface area contributed by atoms with Crippen LogP contribution in [0.3, 0.4) is 0 Å². The normalized spacial score (nSPS) is 11.8. The summed E-state index contributed by atoms with van der Waals surface area (Å²) >= 11 is 27.9. The Morgan fingerprint density at radius 1 is 0.428 bits per heavy atom. The van der Waals surface area contributed by atoms with Crippen LogP contribution < -0.4 is 58.4 Å². The zero-order valence-corrected chi connectivity index (χ0v) is 95.2. The molecule has 0 bridgehead atoms. The molecular weight excluding hydrogens is 2180 g/mol. The van der Waals surface area contributed by atoms with Gasteiger partial charge in [-0.05, 0) is 295 Å². The number of benzene rings is 4. The highest BCUT2D eigenvalue weighted by atomic mass is 127. The number of aliphatic carboxylic acids is 1. The van der Waals surface area contributed by atoms with Crippen molar-refractivity contribution >= 4 is 250 Å². The number of anilines is 4. The minimum Gasteiger partial charge on any atom is -0.481 e. The second-order valence-corrected chi connectivity index (χ2v) is 40.9. The summed E-state index contributed by atoms with van der Waals surface area (Å²) in [6, 6.07) is 21.8. The molecule has 36 nitrogen and oxygen atoms in total. The highest BCUT2D eigenvalue weighted by Crippen LogP contribution is 2.26. The van der Waals surface area contributed by atoms with E-state index in [0.29, 0.717) is 105 Å². The second-order valence-electron chi connectivity index (χ2n) is 37.4. The Bertz CT molecular complexity index is 4340. The summed E-state index contributed by atoms with van der Waals surface area (Å²) in [6.45, 7) is 44.9. The molecule has 0 spiro atoms. The molecule has 15 N–H and O–H groups in total. The molecule has 0 fully saturated rings. The van der Waals surface area contributed by atoms with Crippen molar-refractivity contribution in [1.29, 1.82) is 0 Å². The van der Waals surface area contributed by atoms with Gasteiger partial charge in [-0.15, -0.1) is 46.4 Å². The maximum atomic E-state index is 12.3. The van der Waals surface area contributed by atoms with E-state index >= 15 is 0 Å². The highest BCUT2D eigenvalue weighted by Gasteiger charge is 2.28. The molecule has 0 aliphatic rings. The van der Waals surface area contributed by atoms with Crippen LogP contribution in [0.25, 0.3) is 0 Å². The summed E-state index contributed by atoms with van der Waals surface area (Å²) in [5.74, 6) is -1.02. The molecule has 0 unspecified atom stereocenters. The summed E-state index contributed by atoms with van der Waals surface area (Å²) < 4.78 is 33.0. The number of nitrogen functional groups attached to an aromatic ring is 2. The van der Waals surface area contributed by atoms with Gasteiger partial charge in [-0.3, -0.25) is 38.4 Å². The molecule has 145 heavy (non-hydrogen) atoms. The second kappa shape index (κ2) is 85.8. The lowest BCUT2D eigenvalue weighted by Gasteiger charge is -2.26. The predicted octanol–water partition coefficient (Wildman–Crippen LogP) is 10.00. The number of aryl methyl sites for hydroxylation is 4. The minimum absolute atomic E-state index is 0. The van der Waals surface area contributed by atoms with Crippen molar-refractivity contribution in [3.05, 3.63) is 115 Å². The van der Waals surface area contributed by atoms with Crippen LogP contribution in [0.1, 0.15) is 223 Å². The van der Waals surface area contributed by atoms with Gasteiger partial charge in [-0.2, -0.15) is 9.59 Å². The number of hydrogen-bond donors (Lipinski definition) is 12. The van der Waals surface area contributed by atoms with Crippen LogP contribution in [0.15, 0.2) is 72.8 Å². The molecule has 4 rings (SSSR count). The highest BCUT2D eigenvalue weighted by molar-refractivity contribution is 14.1. The number of carboxylic acid groups (broad SMARTS) is 1. The van der Waals surface area contributed by atoms with Crippen LogP contribution in [-0.2, 0) is 124 Å². The zero-order chi connectivity index (χ0) is 112. The Morgan fingerprint density at radius 2 is 0.710 bits per heavy atom. The first-order chi connectivity index (χ1) is 67.0. The van der Waals surface area contributed by atoms with Crippen molar-refractivity contribution in [3.8, 4) is 0 Å². The fraction of sp³-hybridized carbons (Fsp3) is 0.598. The van der Waals surface area contributed by atoms with Gasteiger partial charge in [0, 0.05) is 118 Å². The molecule has 0 aliphatic heterocycles. The number of carboxylic acids is 1. The molecule has 4 aromatic carbocycles. The number of carbonyl (C=O) groups excluding carboxylic acids is 15. The molecule has 0 aliphatic carbocycles. The number of alkyl halides is 5. The van der Waals surface area contributed by atoms with E-state index in [1.165, 1.54) is 45.7 Å². The maximum Gasteiger partial charge on any atom is 0.373 e. The Balaban J connectivity index is -0.000000303. The topological polar surface area (TPSA) is 546 Å². The number of aliphatic hydroxyl groups is 2. The fourth-order valence-corrected chi connectivity index (χ4v) is 13.3. The van der Waals surface area contributed by atoms with E-state index in [9.17, 15) is 67.1 Å². The Kier molecular flexibility index (Phi) is 88.8. The number of ether oxygens (including phenoxy) is 6. The number of nitrogens with two attached hydrogens (primary N) is 3. The molecule has 0 aromatic heterocycles. The molecular formula is C97H157B6Cl4I2N11O25. The largest absolute Gasteiger partial charge is 0.481 e. The van der Waals surface area contributed by atoms with Gasteiger partial charge in [-0.1, -0.05) is 54.3 Å². The Labute approximate surface area is 912 Å². The van der Waals surface area contributed by atoms with E-state index in [1.54, 1.807) is 41.5 Å². The lowest BCUT2D eigenvalue weighted by Crippen LogP contribution is -2.41. The molecule has 6 radical (unpaired) electrons. The number of rotatable bonds is 51. The number of hydrogen-bond acceptors (Lipinski definition) is 35. The lowest BCUT2D eigenvalue weighted by molar-refractivity contribution is -0.192. The number of ketones is 1. The number of aliphatic hydroxyl groups excluding tert-OH is 2. The number of carbonyl (C=O) groups is 14. The van der Waals surface area contributed by atoms with Crippen LogP contribution in [0.4, 0.5) is 22.7 Å². The predicted molar refractivity (Wildman–Crippen MR) is 602 cm³/mol. The monoisotopic (exact) mass is 2340 g/mol. The summed E-state index contributed by atoms with van der Waals surface area (Å²) in [4.78, 5) is 173. The average molecular weight is 2340 g/mol. The van der Waals surface area contributed by atoms with Gasteiger partial charge in [0.15, 0.2) is 0 Å². The molecule has 0 heterocycles. The van der Waals surface area contributed by atoms with Gasteiger partial charge in [-0.25, -0.2) is 0 Å². The molecule has 4 aromatic rings. The third kappa shape index (κ3) is 90.9. The molecule has 0 saturated heterocycles. The third-order valence-corrected chi connectivity index (χ3v) is 20.2. The summed E-state index contributed by atoms with van der Waals surface area (Å²) in [6.07, 6.45) is 6.45. The fourth-order valence-electron chi connectivity index (χ4n) is 11.4. The maximum absolute atomic E-state index is 12.3. The summed E-state index contributed by atoms with van der Waals surface area (Å²) in [5, 5.41) is 41.3. The first-order valence-electron chi connectivity index (χ1n) is 45.8. The van der Waals surface area contributed by atoms with Crippen molar-refractivity contribution in [2.24, 2.45) is 5.73 Å². The number of esters is 6. The van der Waals surface area contributed by atoms with Crippen molar-refractivity contribution in [2.75, 3.05) is 95.7 Å². The van der Waals surface area contributed by atoms with Gasteiger partial charge < -0.3 is 131 Å². The van der Waals surface area contributed by atoms with Crippen molar-refractivity contribution in [3.63, 3.8) is 0 Å². The SMILES string of the molecule is C.CC(=O)[C@H](CC(=O)OC(C)(C)C)N[B]C=O.CC(C)(C)OC(=O)CCN[B]C=O.CC(C)(C)OC(=O)C[C@@H](CI)N[B]C=O.CC(C)(C)OC(=O)C[C@@H](CO)N[B]C=O.CO.Cc1ccc(N(CCCl)CCCl)cc1C[C@@H](N)CC(=O)O.Cc1ccc(N(CCCl)CCCl)cc1C[C@H](CC(=O)OC(C)(C)C)N[B]C=O.Cc1ccc(N)cc1C[C@H](CC(=O)OC(C)(C)C)N[B]C=O.Cc1ccc(N)cc1I.O=C=O. The Morgan fingerprint density at radius 3 is 1.01 bits per heavy atom. The third-order valence-electron chi connectivity index (χ3n) is 17.3. The van der Waals surface area contributed by atoms with Crippen LogP contribution in [-0.4, -0.2) is 295 Å². The van der Waals surface area contributed by atoms with Crippen LogP contribution >= 0.6 is 91.6 Å². The number of Topliss-reactive ketones (excluding diaryl/α,β-unsaturated/α-hetero) is 1. The number of nitrogens with zero attached hydrogens (tertiary/aromatic N) is 2. The van der Waals surface area contributed by atoms with Crippen LogP contribution in [0.2, 0.25) is 0 Å². The molecule has 810 valence electrons. The summed E-state index contributed by atoms with van der Waals surface area (Å²) in [5.41, 5.74) is 25.5. The van der Waals surface area contributed by atoms with Crippen LogP contribution in [0, 0.1) is 31.3 Å². The average Bonchev–Trinajstić information content (AvgIpc) is 0.820. The zero-order valence-electron chi connectivity index (χ0n) is 87.9. The van der Waals surface area contributed by atoms with Crippen LogP contribution in [0.5, 0.6) is 0 Å². The number of nitrogens with one attached hydrogen (secondary N) is 6. The number of halogens is 6. The van der Waals surface area contributed by atoms with E-state index in [-0.39, 0.29) is 119 Å². The minimum atomic E-state index is -0.873. The van der Waals surface area contributed by atoms with Gasteiger partial charge in [0.1, 0.15) is 39.4 Å². The Hall–Kier alpha value is -7.91. The standard InChI is InChI=1S/C20H30BCl2N2O3.C16H24BN2O3.C15H22Cl2N2O2.C10H17BNO4.C9H16BINO3.C9H17BNO4.C8H15BNO3.C7H8IN.CO2.CH4O.CH4/c1-15-5-6-18(25(9-7-22)10-8-23)12-16(15)11-17(24-21-14-26)13-19(27)28-20(2,3)4;1-11-5-6-13(18)7-12(11)8-14(19-17-10-20)9-15(21)22-16(2,3)4;1-11-2-3-14(19(6-4-16)7-5-17)9-12(11)8-13(18)10-15(20)21;1-7(14)8(12-11-6-13)5-9(15)16-10(2,3)4;1-9(2,3)15-8(14)4-7(5-11)12-10-6-13;1-9(2,3)15-8(14)4-7(5-12)11-10-6-13;1-8(2,3)13-7(12)4-5-10-9-6-11;1-5-2-3-6(9)4-7(5)8;2-1-3;1-2;/h5-6,12,14,17,24H,7-11,13H2,1-4H3;5-7,10,14,19H,8-9,18H2,1-4H3;2-3,9,13H,4-8,10,18H2,1H3,(H,20,21);6,8,12H,5H2,1-4H3;6-7,12H,4-5H2,1-3H3;6-7,11-12H,4-5H2,1-3H3;6,10H,4-5H2,1-3H3;2-4H,9H2,1H3;;2H,1H3;1H4/t17-;14-;13-;8-;2*7-;;;;;/m111000...../s1. The van der Waals surface area contributed by atoms with Gasteiger partial charge >= 0.3 is 47.9 Å². The van der Waals surface area contributed by atoms with E-state index in [0.717, 1.165) is 89.9 Å². The molecule has 0 amide bonds. The summed E-state index contributed by atoms with van der Waals surface area (Å²) in [7, 11) is 8.41. The van der Waals surface area contributed by atoms with Gasteiger partial charge in [0.25, 0.3) is 44.5 Å². The van der Waals surface area contributed by atoms with Crippen molar-refractivity contribution in [1.82, 2.24) is 31.4 Å². The van der Waals surface area contributed by atoms with Gasteiger partial charge in [0.2, 0.25) is 0 Å². The molecule has 6 atom stereocenters. The quantitative estimate of drug-likeness (QED) is 0.00286. The smallest absolute Gasteiger partial charge is 0.373 e. The van der Waals surface area contributed by atoms with E-state index in [2.05, 4.69) is 105 Å². The van der Waals surface area contributed by atoms with E-state index < -0.39 is 63.6 Å².